The van der Waals surface area contributed by atoms with Crippen LogP contribution >= 0.6 is 11.6 Å². The zero-order valence-corrected chi connectivity index (χ0v) is 18.9. The minimum absolute atomic E-state index is 0.284. The predicted molar refractivity (Wildman–Crippen MR) is 119 cm³/mol. The minimum atomic E-state index is -4.74. The van der Waals surface area contributed by atoms with Gasteiger partial charge in [0.1, 0.15) is 12.0 Å². The highest BCUT2D eigenvalue weighted by molar-refractivity contribution is 6.32. The van der Waals surface area contributed by atoms with Crippen molar-refractivity contribution in [3.63, 3.8) is 0 Å². The van der Waals surface area contributed by atoms with E-state index < -0.39 is 12.4 Å². The van der Waals surface area contributed by atoms with Gasteiger partial charge in [0, 0.05) is 36.4 Å². The molecule has 0 radical (unpaired) electrons. The number of hydrogen-bond donors (Lipinski definition) is 0. The first kappa shape index (κ1) is 23.3. The Morgan fingerprint density at radius 3 is 2.58 bits per heavy atom. The van der Waals surface area contributed by atoms with Crippen LogP contribution in [-0.2, 0) is 24.4 Å². The molecule has 1 aromatic heterocycles. The third-order valence-electron chi connectivity index (χ3n) is 5.47. The Hall–Kier alpha value is -2.84. The van der Waals surface area contributed by atoms with Gasteiger partial charge >= 0.3 is 6.36 Å². The van der Waals surface area contributed by atoms with Crippen LogP contribution in [0.4, 0.5) is 13.2 Å². The van der Waals surface area contributed by atoms with E-state index in [1.807, 2.05) is 27.9 Å². The molecule has 33 heavy (non-hydrogen) atoms. The Balaban J connectivity index is 1.54. The van der Waals surface area contributed by atoms with Crippen molar-refractivity contribution >= 4 is 17.9 Å². The van der Waals surface area contributed by atoms with E-state index in [-0.39, 0.29) is 5.75 Å². The summed E-state index contributed by atoms with van der Waals surface area (Å²) < 4.78 is 43.0. The van der Waals surface area contributed by atoms with E-state index in [0.29, 0.717) is 24.0 Å². The lowest BCUT2D eigenvalue weighted by atomic mass is 10.00. The quantitative estimate of drug-likeness (QED) is 0.391. The van der Waals surface area contributed by atoms with Crippen LogP contribution in [0.15, 0.2) is 48.8 Å². The Morgan fingerprint density at radius 1 is 1.21 bits per heavy atom. The highest BCUT2D eigenvalue weighted by Crippen LogP contribution is 2.41. The van der Waals surface area contributed by atoms with Crippen LogP contribution in [0.25, 0.3) is 11.1 Å². The predicted octanol–water partition coefficient (Wildman–Crippen LogP) is 6.01. The SMILES string of the molecule is CC(C)Cn1cc(-c2cc(Cl)c3c(c2)CN(Cc2ccc(OC(F)(F)F)cc2)C3C=O)cn1. The van der Waals surface area contributed by atoms with E-state index in [4.69, 9.17) is 11.6 Å². The molecule has 0 amide bonds. The first-order valence-electron chi connectivity index (χ1n) is 10.5. The van der Waals surface area contributed by atoms with Crippen LogP contribution in [0.2, 0.25) is 5.02 Å². The number of rotatable bonds is 7. The maximum Gasteiger partial charge on any atom is 0.573 e. The van der Waals surface area contributed by atoms with Crippen molar-refractivity contribution in [2.24, 2.45) is 5.92 Å². The summed E-state index contributed by atoms with van der Waals surface area (Å²) in [4.78, 5) is 13.9. The number of aromatic nitrogens is 2. The lowest BCUT2D eigenvalue weighted by Gasteiger charge is -2.21. The molecular formula is C24H23ClF3N3O2. The number of alkyl halides is 3. The second-order valence-electron chi connectivity index (χ2n) is 8.55. The maximum atomic E-state index is 12.4. The van der Waals surface area contributed by atoms with Gasteiger partial charge in [-0.15, -0.1) is 13.2 Å². The molecule has 0 fully saturated rings. The molecule has 1 aliphatic heterocycles. The molecule has 9 heteroatoms. The molecule has 1 aliphatic rings. The van der Waals surface area contributed by atoms with Gasteiger partial charge in [-0.3, -0.25) is 9.58 Å². The van der Waals surface area contributed by atoms with E-state index >= 15 is 0 Å². The van der Waals surface area contributed by atoms with Gasteiger partial charge in [0.05, 0.1) is 12.2 Å². The average molecular weight is 478 g/mol. The largest absolute Gasteiger partial charge is 0.573 e. The average Bonchev–Trinajstić information content (AvgIpc) is 3.32. The second-order valence-corrected chi connectivity index (χ2v) is 8.96. The third kappa shape index (κ3) is 5.39. The highest BCUT2D eigenvalue weighted by Gasteiger charge is 2.33. The molecule has 3 aromatic rings. The Kier molecular flexibility index (Phi) is 6.50. The molecule has 0 saturated carbocycles. The fourth-order valence-electron chi connectivity index (χ4n) is 4.13. The minimum Gasteiger partial charge on any atom is -0.406 e. The number of halogens is 4. The standard InChI is InChI=1S/C24H23ClF3N3O2/c1-15(2)10-31-13-19(9-29-31)17-7-18-12-30(22(14-32)23(18)21(25)8-17)11-16-3-5-20(6-4-16)33-24(26,27)28/h3-9,13-15,22H,10-12H2,1-2H3. The van der Waals surface area contributed by atoms with E-state index in [0.717, 1.165) is 40.6 Å². The number of benzene rings is 2. The number of ether oxygens (including phenoxy) is 1. The molecule has 0 bridgehead atoms. The molecule has 1 atom stereocenters. The van der Waals surface area contributed by atoms with Crippen molar-refractivity contribution in [3.05, 3.63) is 70.5 Å². The summed E-state index contributed by atoms with van der Waals surface area (Å²) in [6, 6.07) is 8.99. The molecule has 0 saturated heterocycles. The number of carbonyl (C=O) groups is 1. The van der Waals surface area contributed by atoms with Crippen LogP contribution < -0.4 is 4.74 Å². The number of nitrogens with zero attached hydrogens (tertiary/aromatic N) is 3. The smallest absolute Gasteiger partial charge is 0.406 e. The lowest BCUT2D eigenvalue weighted by molar-refractivity contribution is -0.274. The van der Waals surface area contributed by atoms with Crippen molar-refractivity contribution in [2.45, 2.75) is 45.9 Å². The highest BCUT2D eigenvalue weighted by atomic mass is 35.5. The Labute approximate surface area is 194 Å². The van der Waals surface area contributed by atoms with Crippen LogP contribution in [0.1, 0.15) is 36.6 Å². The number of hydrogen-bond acceptors (Lipinski definition) is 4. The summed E-state index contributed by atoms with van der Waals surface area (Å²) in [6.45, 7) is 5.93. The van der Waals surface area contributed by atoms with Crippen LogP contribution in [-0.4, -0.2) is 27.3 Å². The number of fused-ring (bicyclic) bond motifs is 1. The van der Waals surface area contributed by atoms with Crippen molar-refractivity contribution in [1.29, 1.82) is 0 Å². The maximum absolute atomic E-state index is 12.4. The van der Waals surface area contributed by atoms with Gasteiger partial charge in [-0.1, -0.05) is 37.6 Å². The van der Waals surface area contributed by atoms with E-state index in [2.05, 4.69) is 23.7 Å². The molecule has 2 heterocycles. The van der Waals surface area contributed by atoms with Gasteiger partial charge < -0.3 is 9.53 Å². The molecule has 0 N–H and O–H groups in total. The molecular weight excluding hydrogens is 455 g/mol. The fraction of sp³-hybridized carbons (Fsp3) is 0.333. The van der Waals surface area contributed by atoms with E-state index in [9.17, 15) is 18.0 Å². The lowest BCUT2D eigenvalue weighted by Crippen LogP contribution is -2.22. The van der Waals surface area contributed by atoms with Gasteiger partial charge in [0.2, 0.25) is 0 Å². The van der Waals surface area contributed by atoms with Gasteiger partial charge in [-0.05, 0) is 52.4 Å². The van der Waals surface area contributed by atoms with Crippen molar-refractivity contribution in [1.82, 2.24) is 14.7 Å². The topological polar surface area (TPSA) is 47.4 Å². The van der Waals surface area contributed by atoms with Gasteiger partial charge in [-0.2, -0.15) is 5.10 Å². The van der Waals surface area contributed by atoms with Gasteiger partial charge in [0.25, 0.3) is 0 Å². The first-order chi connectivity index (χ1) is 15.6. The van der Waals surface area contributed by atoms with Crippen LogP contribution in [0.3, 0.4) is 0 Å². The van der Waals surface area contributed by atoms with E-state index in [1.165, 1.54) is 12.1 Å². The summed E-state index contributed by atoms with van der Waals surface area (Å²) in [5, 5.41) is 4.92. The summed E-state index contributed by atoms with van der Waals surface area (Å²) in [5.74, 6) is 0.186. The van der Waals surface area contributed by atoms with Crippen LogP contribution in [0, 0.1) is 5.92 Å². The molecule has 4 rings (SSSR count). The molecule has 0 spiro atoms. The summed E-state index contributed by atoms with van der Waals surface area (Å²) in [6.07, 6.45) is -0.110. The fourth-order valence-corrected chi connectivity index (χ4v) is 4.48. The summed E-state index contributed by atoms with van der Waals surface area (Å²) in [7, 11) is 0. The summed E-state index contributed by atoms with van der Waals surface area (Å²) >= 11 is 6.60. The third-order valence-corrected chi connectivity index (χ3v) is 5.78. The molecule has 2 aromatic carbocycles. The number of aldehydes is 1. The van der Waals surface area contributed by atoms with E-state index in [1.54, 1.807) is 18.3 Å². The van der Waals surface area contributed by atoms with Crippen molar-refractivity contribution in [3.8, 4) is 16.9 Å². The molecule has 5 nitrogen and oxygen atoms in total. The monoisotopic (exact) mass is 477 g/mol. The summed E-state index contributed by atoms with van der Waals surface area (Å²) in [5.41, 5.74) is 4.34. The molecule has 174 valence electrons. The molecule has 1 unspecified atom stereocenters. The number of carbonyl (C=O) groups excluding carboxylic acids is 1. The zero-order chi connectivity index (χ0) is 23.8. The van der Waals surface area contributed by atoms with Crippen LogP contribution in [0.5, 0.6) is 5.75 Å². The Morgan fingerprint density at radius 2 is 1.94 bits per heavy atom. The van der Waals surface area contributed by atoms with Gasteiger partial charge in [0.15, 0.2) is 0 Å². The first-order valence-corrected chi connectivity index (χ1v) is 10.9. The molecule has 0 aliphatic carbocycles. The normalized spacial score (nSPS) is 16.3. The van der Waals surface area contributed by atoms with Gasteiger partial charge in [-0.25, -0.2) is 0 Å². The van der Waals surface area contributed by atoms with Crippen molar-refractivity contribution in [2.75, 3.05) is 0 Å². The second kappa shape index (κ2) is 9.19. The Bertz CT molecular complexity index is 1140. The van der Waals surface area contributed by atoms with Crippen molar-refractivity contribution < 1.29 is 22.7 Å². The zero-order valence-electron chi connectivity index (χ0n) is 18.1.